The normalized spacial score (nSPS) is 24.5. The fraction of sp³-hybridized carbons (Fsp3) is 0.478. The molecule has 28 heavy (non-hydrogen) atoms. The number of piperidine rings is 1. The van der Waals surface area contributed by atoms with Crippen LogP contribution >= 0.6 is 35.0 Å². The molecule has 2 aliphatic heterocycles. The van der Waals surface area contributed by atoms with Gasteiger partial charge in [-0.1, -0.05) is 48.5 Å². The number of fused-ring (bicyclic) bond motifs is 3. The van der Waals surface area contributed by atoms with Crippen molar-refractivity contribution in [2.24, 2.45) is 0 Å². The molecule has 0 aromatic heterocycles. The van der Waals surface area contributed by atoms with Gasteiger partial charge in [0.25, 0.3) is 0 Å². The molecule has 2 atom stereocenters. The monoisotopic (exact) mass is 433 g/mol. The van der Waals surface area contributed by atoms with Crippen LogP contribution in [0.5, 0.6) is 5.75 Å². The van der Waals surface area contributed by atoms with Crippen molar-refractivity contribution in [1.29, 1.82) is 0 Å². The molecule has 2 aromatic rings. The molecular formula is C23H25Cl2NOS. The van der Waals surface area contributed by atoms with Gasteiger partial charge in [0, 0.05) is 38.9 Å². The van der Waals surface area contributed by atoms with E-state index < -0.39 is 0 Å². The van der Waals surface area contributed by atoms with Gasteiger partial charge in [-0.15, -0.1) is 11.8 Å². The van der Waals surface area contributed by atoms with Gasteiger partial charge in [0.2, 0.25) is 0 Å². The van der Waals surface area contributed by atoms with E-state index >= 15 is 0 Å². The number of rotatable bonds is 3. The van der Waals surface area contributed by atoms with E-state index in [1.165, 1.54) is 48.1 Å². The van der Waals surface area contributed by atoms with Crippen LogP contribution in [0.25, 0.3) is 11.1 Å². The molecule has 2 unspecified atom stereocenters. The minimum atomic E-state index is 0.304. The number of nitrogens with one attached hydrogen (secondary N) is 1. The van der Waals surface area contributed by atoms with Crippen LogP contribution in [-0.4, -0.2) is 24.4 Å². The smallest absolute Gasteiger partial charge is 0.137 e. The molecular weight excluding hydrogens is 409 g/mol. The maximum Gasteiger partial charge on any atom is 0.137 e. The van der Waals surface area contributed by atoms with Gasteiger partial charge in [-0.05, 0) is 55.6 Å². The standard InChI is InChI=1S/C23H25Cl2NOS/c24-15-6-7-17(20(25)12-15)14-10-18-19-13-26-9-8-21(19)27-23(18)22(11-14)28-16-4-2-1-3-5-16/h6-7,10-12,16,19,21,26H,1-5,8-9,13H2. The highest BCUT2D eigenvalue weighted by Crippen LogP contribution is 2.50. The Balaban J connectivity index is 1.57. The van der Waals surface area contributed by atoms with Crippen molar-refractivity contribution < 1.29 is 4.74 Å². The van der Waals surface area contributed by atoms with Crippen LogP contribution in [0.3, 0.4) is 0 Å². The van der Waals surface area contributed by atoms with Gasteiger partial charge in [-0.3, -0.25) is 0 Å². The van der Waals surface area contributed by atoms with Crippen molar-refractivity contribution in [2.75, 3.05) is 13.1 Å². The van der Waals surface area contributed by atoms with E-state index in [0.717, 1.165) is 30.8 Å². The summed E-state index contributed by atoms with van der Waals surface area (Å²) in [5.41, 5.74) is 3.57. The van der Waals surface area contributed by atoms with Crippen molar-refractivity contribution in [3.63, 3.8) is 0 Å². The van der Waals surface area contributed by atoms with Crippen molar-refractivity contribution in [2.45, 2.75) is 60.7 Å². The molecule has 5 heteroatoms. The molecule has 0 radical (unpaired) electrons. The van der Waals surface area contributed by atoms with Crippen LogP contribution in [-0.2, 0) is 0 Å². The molecule has 2 fully saturated rings. The molecule has 0 bridgehead atoms. The number of hydrogen-bond donors (Lipinski definition) is 1. The molecule has 148 valence electrons. The van der Waals surface area contributed by atoms with Crippen molar-refractivity contribution >= 4 is 35.0 Å². The lowest BCUT2D eigenvalue weighted by molar-refractivity contribution is 0.169. The van der Waals surface area contributed by atoms with E-state index in [1.807, 2.05) is 30.0 Å². The molecule has 0 amide bonds. The van der Waals surface area contributed by atoms with E-state index in [0.29, 0.717) is 27.3 Å². The zero-order valence-corrected chi connectivity index (χ0v) is 18.2. The lowest BCUT2D eigenvalue weighted by Gasteiger charge is -2.25. The van der Waals surface area contributed by atoms with Crippen LogP contribution in [0.1, 0.15) is 50.0 Å². The highest BCUT2D eigenvalue weighted by atomic mass is 35.5. The number of hydrogen-bond acceptors (Lipinski definition) is 3. The van der Waals surface area contributed by atoms with Gasteiger partial charge in [-0.25, -0.2) is 0 Å². The Morgan fingerprint density at radius 2 is 1.86 bits per heavy atom. The molecule has 2 aromatic carbocycles. The molecule has 0 spiro atoms. The zero-order chi connectivity index (χ0) is 19.1. The van der Waals surface area contributed by atoms with Crippen LogP contribution in [0.4, 0.5) is 0 Å². The van der Waals surface area contributed by atoms with E-state index in [2.05, 4.69) is 17.4 Å². The Bertz CT molecular complexity index is 881. The first kappa shape index (κ1) is 19.1. The van der Waals surface area contributed by atoms with E-state index in [-0.39, 0.29) is 0 Å². The summed E-state index contributed by atoms with van der Waals surface area (Å²) >= 11 is 14.7. The Kier molecular flexibility index (Phi) is 5.53. The van der Waals surface area contributed by atoms with E-state index in [4.69, 9.17) is 27.9 Å². The SMILES string of the molecule is Clc1ccc(-c2cc(SC3CCCCC3)c3c(c2)C2CNCCC2O3)c(Cl)c1. The Morgan fingerprint density at radius 1 is 1.00 bits per heavy atom. The first-order valence-electron chi connectivity index (χ1n) is 10.4. The third kappa shape index (κ3) is 3.67. The van der Waals surface area contributed by atoms with Gasteiger partial charge in [0.05, 0.1) is 4.90 Å². The zero-order valence-electron chi connectivity index (χ0n) is 15.8. The Morgan fingerprint density at radius 3 is 2.68 bits per heavy atom. The molecule has 1 saturated heterocycles. The number of halogens is 2. The van der Waals surface area contributed by atoms with E-state index in [1.54, 1.807) is 0 Å². The second-order valence-corrected chi connectivity index (χ2v) is 10.3. The Labute approximate surface area is 181 Å². The molecule has 1 N–H and O–H groups in total. The van der Waals surface area contributed by atoms with Gasteiger partial charge < -0.3 is 10.1 Å². The second kappa shape index (κ2) is 8.10. The highest BCUT2D eigenvalue weighted by molar-refractivity contribution is 8.00. The first-order valence-corrected chi connectivity index (χ1v) is 12.0. The summed E-state index contributed by atoms with van der Waals surface area (Å²) < 4.78 is 6.51. The predicted molar refractivity (Wildman–Crippen MR) is 119 cm³/mol. The van der Waals surface area contributed by atoms with Crippen molar-refractivity contribution in [3.8, 4) is 16.9 Å². The lowest BCUT2D eigenvalue weighted by atomic mass is 9.89. The van der Waals surface area contributed by atoms with Gasteiger partial charge in [0.1, 0.15) is 11.9 Å². The summed E-state index contributed by atoms with van der Waals surface area (Å²) in [6.45, 7) is 2.03. The molecule has 5 rings (SSSR count). The van der Waals surface area contributed by atoms with Crippen LogP contribution in [0, 0.1) is 0 Å². The third-order valence-corrected chi connectivity index (χ3v) is 8.17. The number of benzene rings is 2. The quantitative estimate of drug-likeness (QED) is 0.566. The second-order valence-electron chi connectivity index (χ2n) is 8.15. The van der Waals surface area contributed by atoms with Gasteiger partial charge >= 0.3 is 0 Å². The summed E-state index contributed by atoms with van der Waals surface area (Å²) in [6.07, 6.45) is 8.06. The average molecular weight is 434 g/mol. The first-order chi connectivity index (χ1) is 13.7. The highest BCUT2D eigenvalue weighted by Gasteiger charge is 2.38. The number of thioether (sulfide) groups is 1. The number of ether oxygens (including phenoxy) is 1. The topological polar surface area (TPSA) is 21.3 Å². The Hall–Kier alpha value is -0.870. The summed E-state index contributed by atoms with van der Waals surface area (Å²) in [5.74, 6) is 1.56. The minimum Gasteiger partial charge on any atom is -0.488 e. The summed E-state index contributed by atoms with van der Waals surface area (Å²) in [7, 11) is 0. The van der Waals surface area contributed by atoms with Crippen molar-refractivity contribution in [1.82, 2.24) is 5.32 Å². The fourth-order valence-corrected chi connectivity index (χ4v) is 6.71. The maximum atomic E-state index is 6.56. The molecule has 3 aliphatic rings. The summed E-state index contributed by atoms with van der Waals surface area (Å²) in [4.78, 5) is 1.29. The maximum absolute atomic E-state index is 6.56. The van der Waals surface area contributed by atoms with E-state index in [9.17, 15) is 0 Å². The largest absolute Gasteiger partial charge is 0.488 e. The average Bonchev–Trinajstić information content (AvgIpc) is 3.08. The van der Waals surface area contributed by atoms with Crippen LogP contribution in [0.15, 0.2) is 35.2 Å². The lowest BCUT2D eigenvalue weighted by Crippen LogP contribution is -2.37. The predicted octanol–water partition coefficient (Wildman–Crippen LogP) is 6.92. The summed E-state index contributed by atoms with van der Waals surface area (Å²) in [6, 6.07) is 10.4. The van der Waals surface area contributed by atoms with Crippen molar-refractivity contribution in [3.05, 3.63) is 45.9 Å². The minimum absolute atomic E-state index is 0.304. The van der Waals surface area contributed by atoms with Gasteiger partial charge in [0.15, 0.2) is 0 Å². The van der Waals surface area contributed by atoms with Gasteiger partial charge in [-0.2, -0.15) is 0 Å². The third-order valence-electron chi connectivity index (χ3n) is 6.26. The van der Waals surface area contributed by atoms with Crippen LogP contribution < -0.4 is 10.1 Å². The molecule has 1 aliphatic carbocycles. The van der Waals surface area contributed by atoms with Crippen LogP contribution in [0.2, 0.25) is 10.0 Å². The fourth-order valence-electron chi connectivity index (χ4n) is 4.79. The summed E-state index contributed by atoms with van der Waals surface area (Å²) in [5, 5.41) is 5.62. The molecule has 2 nitrogen and oxygen atoms in total. The molecule has 1 saturated carbocycles. The molecule has 2 heterocycles.